The van der Waals surface area contributed by atoms with Gasteiger partial charge in [0.15, 0.2) is 5.60 Å². The van der Waals surface area contributed by atoms with Crippen LogP contribution in [0.15, 0.2) is 41.3 Å². The van der Waals surface area contributed by atoms with Crippen molar-refractivity contribution >= 4 is 21.4 Å². The van der Waals surface area contributed by atoms with Gasteiger partial charge in [-0.25, -0.2) is 8.42 Å². The van der Waals surface area contributed by atoms with Crippen molar-refractivity contribution in [2.24, 2.45) is 0 Å². The molecular formula is C22H24F5N3O6S. The summed E-state index contributed by atoms with van der Waals surface area (Å²) in [7, 11) is -2.14. The number of hydrogen-bond donors (Lipinski definition) is 0. The van der Waals surface area contributed by atoms with E-state index in [0.29, 0.717) is 5.56 Å². The summed E-state index contributed by atoms with van der Waals surface area (Å²) in [5.41, 5.74) is -3.09. The van der Waals surface area contributed by atoms with Crippen LogP contribution in [0.25, 0.3) is 0 Å². The summed E-state index contributed by atoms with van der Waals surface area (Å²) in [6.07, 6.45) is -5.16. The first-order valence-corrected chi connectivity index (χ1v) is 12.2. The monoisotopic (exact) mass is 553 g/mol. The van der Waals surface area contributed by atoms with Crippen molar-refractivity contribution in [2.45, 2.75) is 43.2 Å². The SMILES string of the molecule is COC1(C(F)(F)F)CCN(c2ccc(S(=O)(=O)N(C)Cc3ccc(OC(F)F)cc3)c(C)c2[N+](=O)[O-])C1. The van der Waals surface area contributed by atoms with E-state index in [9.17, 15) is 40.5 Å². The average molecular weight is 554 g/mol. The van der Waals surface area contributed by atoms with Gasteiger partial charge in [-0.05, 0) is 36.8 Å². The van der Waals surface area contributed by atoms with Crippen molar-refractivity contribution in [3.63, 3.8) is 0 Å². The van der Waals surface area contributed by atoms with Crippen molar-refractivity contribution in [1.82, 2.24) is 4.31 Å². The van der Waals surface area contributed by atoms with Crippen LogP contribution in [0.2, 0.25) is 0 Å². The number of methoxy groups -OCH3 is 1. The molecule has 1 saturated heterocycles. The maximum atomic E-state index is 13.6. The van der Waals surface area contributed by atoms with Gasteiger partial charge in [-0.15, -0.1) is 0 Å². The van der Waals surface area contributed by atoms with E-state index >= 15 is 0 Å². The fourth-order valence-electron chi connectivity index (χ4n) is 4.22. The molecule has 1 fully saturated rings. The standard InChI is InChI=1S/C22H24F5N3O6S/c1-14-18(37(33,34)28(2)12-15-4-6-16(7-5-15)36-20(23)24)9-8-17(19(14)30(31)32)29-11-10-21(13-29,35-3)22(25,26)27/h4-9,20H,10-13H2,1-3H3. The quantitative estimate of drug-likeness (QED) is 0.256. The zero-order valence-electron chi connectivity index (χ0n) is 20.0. The molecule has 0 bridgehead atoms. The van der Waals surface area contributed by atoms with Gasteiger partial charge in [-0.2, -0.15) is 26.3 Å². The number of sulfonamides is 1. The first kappa shape index (κ1) is 28.5. The van der Waals surface area contributed by atoms with Crippen LogP contribution in [0.5, 0.6) is 5.75 Å². The van der Waals surface area contributed by atoms with Crippen molar-refractivity contribution in [3.05, 3.63) is 57.6 Å². The van der Waals surface area contributed by atoms with Crippen LogP contribution in [0.4, 0.5) is 33.3 Å². The molecule has 1 aliphatic rings. The summed E-state index contributed by atoms with van der Waals surface area (Å²) in [6, 6.07) is 7.48. The molecule has 1 aliphatic heterocycles. The summed E-state index contributed by atoms with van der Waals surface area (Å²) >= 11 is 0. The highest BCUT2D eigenvalue weighted by molar-refractivity contribution is 7.89. The molecule has 37 heavy (non-hydrogen) atoms. The van der Waals surface area contributed by atoms with E-state index in [1.54, 1.807) is 0 Å². The van der Waals surface area contributed by atoms with Gasteiger partial charge in [-0.3, -0.25) is 10.1 Å². The molecule has 0 saturated carbocycles. The van der Waals surface area contributed by atoms with Crippen LogP contribution >= 0.6 is 0 Å². The number of alkyl halides is 5. The number of nitro groups is 1. The lowest BCUT2D eigenvalue weighted by atomic mass is 10.0. The molecule has 0 aliphatic carbocycles. The van der Waals surface area contributed by atoms with Crippen LogP contribution in [0.3, 0.4) is 0 Å². The molecule has 1 heterocycles. The number of hydrogen-bond acceptors (Lipinski definition) is 7. The summed E-state index contributed by atoms with van der Waals surface area (Å²) in [5, 5.41) is 11.9. The number of ether oxygens (including phenoxy) is 2. The highest BCUT2D eigenvalue weighted by Gasteiger charge is 2.59. The Morgan fingerprint density at radius 3 is 2.30 bits per heavy atom. The predicted molar refractivity (Wildman–Crippen MR) is 122 cm³/mol. The first-order valence-electron chi connectivity index (χ1n) is 10.8. The van der Waals surface area contributed by atoms with E-state index in [4.69, 9.17) is 4.74 Å². The largest absolute Gasteiger partial charge is 0.435 e. The molecule has 2 aromatic carbocycles. The van der Waals surface area contributed by atoms with E-state index in [-0.39, 0.29) is 30.1 Å². The van der Waals surface area contributed by atoms with Crippen LogP contribution in [0.1, 0.15) is 17.5 Å². The minimum absolute atomic E-state index is 0.115. The third kappa shape index (κ3) is 5.62. The van der Waals surface area contributed by atoms with Gasteiger partial charge in [0.05, 0.1) is 16.4 Å². The van der Waals surface area contributed by atoms with Crippen molar-refractivity contribution in [1.29, 1.82) is 0 Å². The molecule has 0 N–H and O–H groups in total. The molecule has 1 atom stereocenters. The van der Waals surface area contributed by atoms with E-state index in [1.807, 2.05) is 0 Å². The van der Waals surface area contributed by atoms with Gasteiger partial charge in [0, 0.05) is 39.2 Å². The molecule has 0 radical (unpaired) electrons. The second-order valence-corrected chi connectivity index (χ2v) is 10.5. The number of anilines is 1. The lowest BCUT2D eigenvalue weighted by Gasteiger charge is -2.30. The van der Waals surface area contributed by atoms with Crippen LogP contribution < -0.4 is 9.64 Å². The second kappa shape index (κ2) is 10.4. The summed E-state index contributed by atoms with van der Waals surface area (Å²) < 4.78 is 102. The van der Waals surface area contributed by atoms with Gasteiger partial charge in [0.2, 0.25) is 10.0 Å². The Morgan fingerprint density at radius 1 is 1.19 bits per heavy atom. The molecule has 15 heteroatoms. The maximum Gasteiger partial charge on any atom is 0.419 e. The summed E-state index contributed by atoms with van der Waals surface area (Å²) in [5.74, 6) is -0.115. The van der Waals surface area contributed by atoms with Gasteiger partial charge in [0.1, 0.15) is 11.4 Å². The summed E-state index contributed by atoms with van der Waals surface area (Å²) in [6.45, 7) is -2.88. The van der Waals surface area contributed by atoms with Crippen molar-refractivity contribution in [3.8, 4) is 5.75 Å². The van der Waals surface area contributed by atoms with Gasteiger partial charge >= 0.3 is 12.8 Å². The number of nitro benzene ring substituents is 1. The molecule has 0 spiro atoms. The molecule has 3 rings (SSSR count). The minimum Gasteiger partial charge on any atom is -0.435 e. The summed E-state index contributed by atoms with van der Waals surface area (Å²) in [4.78, 5) is 11.9. The maximum absolute atomic E-state index is 13.6. The number of benzene rings is 2. The molecular weight excluding hydrogens is 529 g/mol. The van der Waals surface area contributed by atoms with Crippen LogP contribution in [-0.4, -0.2) is 63.3 Å². The van der Waals surface area contributed by atoms with Crippen LogP contribution in [0, 0.1) is 17.0 Å². The van der Waals surface area contributed by atoms with Gasteiger partial charge < -0.3 is 14.4 Å². The Kier molecular flexibility index (Phi) is 8.00. The number of halogens is 5. The topological polar surface area (TPSA) is 102 Å². The molecule has 9 nitrogen and oxygen atoms in total. The molecule has 0 amide bonds. The molecule has 204 valence electrons. The predicted octanol–water partition coefficient (Wildman–Crippen LogP) is 4.48. The third-order valence-corrected chi connectivity index (χ3v) is 8.21. The van der Waals surface area contributed by atoms with E-state index in [1.165, 1.54) is 38.2 Å². The number of nitrogens with zero attached hydrogens (tertiary/aromatic N) is 3. The Morgan fingerprint density at radius 2 is 1.81 bits per heavy atom. The number of rotatable bonds is 9. The normalized spacial score (nSPS) is 18.6. The fourth-order valence-corrected chi connectivity index (χ4v) is 5.60. The van der Waals surface area contributed by atoms with Gasteiger partial charge in [0.25, 0.3) is 5.69 Å². The highest BCUT2D eigenvalue weighted by Crippen LogP contribution is 2.45. The fraction of sp³-hybridized carbons (Fsp3) is 0.455. The molecule has 0 aromatic heterocycles. The second-order valence-electron chi connectivity index (χ2n) is 8.46. The van der Waals surface area contributed by atoms with Gasteiger partial charge in [-0.1, -0.05) is 12.1 Å². The molecule has 2 aromatic rings. The Balaban J connectivity index is 1.91. The third-order valence-electron chi connectivity index (χ3n) is 6.26. The lowest BCUT2D eigenvalue weighted by Crippen LogP contribution is -2.49. The minimum atomic E-state index is -4.71. The Labute approximate surface area is 209 Å². The lowest BCUT2D eigenvalue weighted by molar-refractivity contribution is -0.384. The highest BCUT2D eigenvalue weighted by atomic mass is 32.2. The molecule has 1 unspecified atom stereocenters. The van der Waals surface area contributed by atoms with E-state index < -0.39 is 56.9 Å². The van der Waals surface area contributed by atoms with E-state index in [2.05, 4.69) is 4.74 Å². The van der Waals surface area contributed by atoms with Crippen molar-refractivity contribution < 1.29 is 44.8 Å². The zero-order valence-corrected chi connectivity index (χ0v) is 20.8. The first-order chi connectivity index (χ1) is 17.1. The van der Waals surface area contributed by atoms with Crippen molar-refractivity contribution in [2.75, 3.05) is 32.1 Å². The Bertz CT molecular complexity index is 1260. The van der Waals surface area contributed by atoms with E-state index in [0.717, 1.165) is 28.4 Å². The Hall–Kier alpha value is -3.04. The zero-order chi connectivity index (χ0) is 27.8. The van der Waals surface area contributed by atoms with Crippen LogP contribution in [-0.2, 0) is 21.3 Å². The average Bonchev–Trinajstić information content (AvgIpc) is 3.25. The smallest absolute Gasteiger partial charge is 0.419 e.